The minimum Gasteiger partial charge on any atom is -0.452 e. The van der Waals surface area contributed by atoms with Crippen LogP contribution < -0.4 is 5.32 Å². The molecule has 2 rings (SSSR count). The summed E-state index contributed by atoms with van der Waals surface area (Å²) < 4.78 is 7.02. The first-order valence-corrected chi connectivity index (χ1v) is 7.59. The lowest BCUT2D eigenvalue weighted by atomic mass is 10.2. The van der Waals surface area contributed by atoms with Gasteiger partial charge in [-0.2, -0.15) is 5.26 Å². The van der Waals surface area contributed by atoms with E-state index in [2.05, 4.69) is 5.32 Å². The van der Waals surface area contributed by atoms with Crippen molar-refractivity contribution >= 4 is 11.9 Å². The molecular weight excluding hydrogens is 306 g/mol. The van der Waals surface area contributed by atoms with Crippen molar-refractivity contribution in [2.45, 2.75) is 20.3 Å². The zero-order valence-corrected chi connectivity index (χ0v) is 13.7. The van der Waals surface area contributed by atoms with Crippen molar-refractivity contribution in [3.8, 4) is 11.8 Å². The lowest BCUT2D eigenvalue weighted by Gasteiger charge is -2.09. The van der Waals surface area contributed by atoms with E-state index in [0.717, 1.165) is 17.1 Å². The van der Waals surface area contributed by atoms with Crippen LogP contribution >= 0.6 is 0 Å². The summed E-state index contributed by atoms with van der Waals surface area (Å²) in [6.07, 6.45) is 0.220. The number of benzene rings is 1. The first-order chi connectivity index (χ1) is 11.5. The molecule has 1 N–H and O–H groups in total. The van der Waals surface area contributed by atoms with Crippen molar-refractivity contribution < 1.29 is 14.3 Å². The average molecular weight is 325 g/mol. The monoisotopic (exact) mass is 325 g/mol. The Morgan fingerprint density at radius 1 is 1.25 bits per heavy atom. The molecule has 0 aliphatic carbocycles. The minimum absolute atomic E-state index is 0.220. The molecule has 0 aliphatic rings. The van der Waals surface area contributed by atoms with Crippen molar-refractivity contribution in [1.29, 1.82) is 5.26 Å². The first kappa shape index (κ1) is 17.3. The lowest BCUT2D eigenvalue weighted by Crippen LogP contribution is -2.29. The second-order valence-electron chi connectivity index (χ2n) is 5.29. The number of ether oxygens (including phenoxy) is 1. The SMILES string of the molecule is Cc1cc(C(=O)OCC(=O)NCCC#N)c(C)n1-c1ccccc1. The summed E-state index contributed by atoms with van der Waals surface area (Å²) in [6, 6.07) is 13.4. The summed E-state index contributed by atoms with van der Waals surface area (Å²) in [4.78, 5) is 23.8. The Bertz CT molecular complexity index is 773. The zero-order valence-electron chi connectivity index (χ0n) is 13.7. The fourth-order valence-corrected chi connectivity index (χ4v) is 2.46. The number of para-hydroxylation sites is 1. The van der Waals surface area contributed by atoms with Gasteiger partial charge in [0.25, 0.3) is 5.91 Å². The molecular formula is C18H19N3O3. The van der Waals surface area contributed by atoms with Gasteiger partial charge in [0, 0.05) is 23.6 Å². The summed E-state index contributed by atoms with van der Waals surface area (Å²) in [5.74, 6) is -0.962. The van der Waals surface area contributed by atoms with E-state index in [1.807, 2.05) is 54.8 Å². The van der Waals surface area contributed by atoms with Gasteiger partial charge in [-0.25, -0.2) is 4.79 Å². The van der Waals surface area contributed by atoms with E-state index >= 15 is 0 Å². The van der Waals surface area contributed by atoms with Crippen molar-refractivity contribution in [3.63, 3.8) is 0 Å². The summed E-state index contributed by atoms with van der Waals surface area (Å²) >= 11 is 0. The van der Waals surface area contributed by atoms with E-state index in [1.54, 1.807) is 6.07 Å². The van der Waals surface area contributed by atoms with E-state index in [1.165, 1.54) is 0 Å². The highest BCUT2D eigenvalue weighted by atomic mass is 16.5. The number of nitrogens with one attached hydrogen (secondary N) is 1. The van der Waals surface area contributed by atoms with Crippen LogP contribution in [-0.4, -0.2) is 29.6 Å². The van der Waals surface area contributed by atoms with E-state index in [9.17, 15) is 9.59 Å². The fourth-order valence-electron chi connectivity index (χ4n) is 2.46. The molecule has 0 spiro atoms. The molecule has 0 fully saturated rings. The second kappa shape index (κ2) is 7.97. The third-order valence-electron chi connectivity index (χ3n) is 3.56. The van der Waals surface area contributed by atoms with E-state index in [4.69, 9.17) is 10.00 Å². The zero-order chi connectivity index (χ0) is 17.5. The second-order valence-corrected chi connectivity index (χ2v) is 5.29. The summed E-state index contributed by atoms with van der Waals surface area (Å²) in [5, 5.41) is 10.9. The molecule has 0 saturated carbocycles. The molecule has 24 heavy (non-hydrogen) atoms. The molecule has 0 bridgehead atoms. The summed E-state index contributed by atoms with van der Waals surface area (Å²) in [7, 11) is 0. The predicted octanol–water partition coefficient (Wildman–Crippen LogP) is 2.28. The highest BCUT2D eigenvalue weighted by molar-refractivity contribution is 5.93. The van der Waals surface area contributed by atoms with Crippen LogP contribution in [0.4, 0.5) is 0 Å². The number of carbonyl (C=O) groups excluding carboxylic acids is 2. The average Bonchev–Trinajstić information content (AvgIpc) is 2.88. The molecule has 0 saturated heterocycles. The van der Waals surface area contributed by atoms with Gasteiger partial charge < -0.3 is 14.6 Å². The third kappa shape index (κ3) is 4.02. The van der Waals surface area contributed by atoms with Gasteiger partial charge >= 0.3 is 5.97 Å². The Balaban J connectivity index is 2.06. The molecule has 0 unspecified atom stereocenters. The van der Waals surface area contributed by atoms with E-state index in [0.29, 0.717) is 5.56 Å². The van der Waals surface area contributed by atoms with Crippen molar-refractivity contribution in [1.82, 2.24) is 9.88 Å². The Labute approximate surface area is 140 Å². The number of aryl methyl sites for hydroxylation is 1. The first-order valence-electron chi connectivity index (χ1n) is 7.59. The number of nitriles is 1. The van der Waals surface area contributed by atoms with E-state index in [-0.39, 0.29) is 19.6 Å². The fraction of sp³-hybridized carbons (Fsp3) is 0.278. The minimum atomic E-state index is -0.541. The van der Waals surface area contributed by atoms with Crippen LogP contribution in [0.15, 0.2) is 36.4 Å². The highest BCUT2D eigenvalue weighted by Crippen LogP contribution is 2.21. The number of rotatable bonds is 6. The molecule has 1 heterocycles. The molecule has 1 amide bonds. The topological polar surface area (TPSA) is 84.1 Å². The maximum Gasteiger partial charge on any atom is 0.340 e. The molecule has 1 aromatic heterocycles. The van der Waals surface area contributed by atoms with Crippen molar-refractivity contribution in [2.75, 3.05) is 13.2 Å². The number of hydrogen-bond donors (Lipinski definition) is 1. The number of hydrogen-bond acceptors (Lipinski definition) is 4. The number of aromatic nitrogens is 1. The molecule has 0 atom stereocenters. The van der Waals surface area contributed by atoms with Gasteiger partial charge in [0.15, 0.2) is 6.61 Å². The van der Waals surface area contributed by atoms with Crippen LogP contribution in [0.5, 0.6) is 0 Å². The molecule has 0 radical (unpaired) electrons. The molecule has 6 heteroatoms. The van der Waals surface area contributed by atoms with Gasteiger partial charge in [-0.1, -0.05) is 18.2 Å². The van der Waals surface area contributed by atoms with Gasteiger partial charge in [0.05, 0.1) is 18.1 Å². The normalized spacial score (nSPS) is 10.0. The Hall–Kier alpha value is -3.07. The number of carbonyl (C=O) groups is 2. The van der Waals surface area contributed by atoms with Crippen LogP contribution in [-0.2, 0) is 9.53 Å². The molecule has 2 aromatic rings. The van der Waals surface area contributed by atoms with Crippen LogP contribution in [0.1, 0.15) is 28.2 Å². The van der Waals surface area contributed by atoms with Gasteiger partial charge in [-0.3, -0.25) is 4.79 Å². The Kier molecular flexibility index (Phi) is 5.74. The number of esters is 1. The standard InChI is InChI=1S/C18H19N3O3/c1-13-11-16(14(2)21(13)15-7-4-3-5-8-15)18(23)24-12-17(22)20-10-6-9-19/h3-5,7-8,11H,6,10,12H2,1-2H3,(H,20,22). The quantitative estimate of drug-likeness (QED) is 0.652. The highest BCUT2D eigenvalue weighted by Gasteiger charge is 2.18. The maximum absolute atomic E-state index is 12.2. The maximum atomic E-state index is 12.2. The lowest BCUT2D eigenvalue weighted by molar-refractivity contribution is -0.124. The summed E-state index contributed by atoms with van der Waals surface area (Å²) in [6.45, 7) is 3.63. The number of nitrogens with zero attached hydrogens (tertiary/aromatic N) is 2. The van der Waals surface area contributed by atoms with Gasteiger partial charge in [0.1, 0.15) is 0 Å². The van der Waals surface area contributed by atoms with Crippen LogP contribution in [0.2, 0.25) is 0 Å². The third-order valence-corrected chi connectivity index (χ3v) is 3.56. The Morgan fingerprint density at radius 3 is 2.62 bits per heavy atom. The van der Waals surface area contributed by atoms with Crippen molar-refractivity contribution in [3.05, 3.63) is 53.3 Å². The van der Waals surface area contributed by atoms with Crippen molar-refractivity contribution in [2.24, 2.45) is 0 Å². The Morgan fingerprint density at radius 2 is 1.96 bits per heavy atom. The van der Waals surface area contributed by atoms with Gasteiger partial charge in [0.2, 0.25) is 0 Å². The van der Waals surface area contributed by atoms with Crippen LogP contribution in [0.3, 0.4) is 0 Å². The molecule has 6 nitrogen and oxygen atoms in total. The predicted molar refractivity (Wildman–Crippen MR) is 88.8 cm³/mol. The molecule has 1 aromatic carbocycles. The summed E-state index contributed by atoms with van der Waals surface area (Å²) in [5.41, 5.74) is 3.06. The molecule has 124 valence electrons. The van der Waals surface area contributed by atoms with E-state index < -0.39 is 11.9 Å². The van der Waals surface area contributed by atoms with Crippen LogP contribution in [0, 0.1) is 25.2 Å². The smallest absolute Gasteiger partial charge is 0.340 e. The number of amides is 1. The van der Waals surface area contributed by atoms with Crippen LogP contribution in [0.25, 0.3) is 5.69 Å². The van der Waals surface area contributed by atoms with Gasteiger partial charge in [-0.05, 0) is 32.0 Å². The molecule has 0 aliphatic heterocycles. The largest absolute Gasteiger partial charge is 0.452 e. The van der Waals surface area contributed by atoms with Gasteiger partial charge in [-0.15, -0.1) is 0 Å².